The maximum Gasteiger partial charge on any atom is 0.331 e. The van der Waals surface area contributed by atoms with Crippen LogP contribution in [0.15, 0.2) is 52.3 Å². The topological polar surface area (TPSA) is 75.6 Å². The van der Waals surface area contributed by atoms with Crippen molar-refractivity contribution in [2.24, 2.45) is 0 Å². The highest BCUT2D eigenvalue weighted by molar-refractivity contribution is 7.99. The quantitative estimate of drug-likeness (QED) is 0.600. The van der Waals surface area contributed by atoms with Crippen molar-refractivity contribution in [2.45, 2.75) is 16.7 Å². The Labute approximate surface area is 161 Å². The molecular formula is C19H19N3O4S. The van der Waals surface area contributed by atoms with Crippen LogP contribution < -0.4 is 18.9 Å². The molecule has 3 aromatic rings. The lowest BCUT2D eigenvalue weighted by Gasteiger charge is -2.10. The van der Waals surface area contributed by atoms with Crippen molar-refractivity contribution in [2.75, 3.05) is 21.3 Å². The number of ether oxygens (including phenoxy) is 4. The Balaban J connectivity index is 1.76. The molecule has 0 aliphatic rings. The van der Waals surface area contributed by atoms with Crippen LogP contribution >= 0.6 is 11.8 Å². The second-order valence-electron chi connectivity index (χ2n) is 5.40. The van der Waals surface area contributed by atoms with Crippen LogP contribution in [-0.2, 0) is 0 Å². The van der Waals surface area contributed by atoms with Gasteiger partial charge in [0.1, 0.15) is 11.5 Å². The first-order chi connectivity index (χ1) is 13.1. The molecule has 0 aliphatic carbocycles. The minimum atomic E-state index is 0.105. The number of hydrogen-bond donors (Lipinski definition) is 0. The molecule has 0 unspecified atom stereocenters. The summed E-state index contributed by atoms with van der Waals surface area (Å²) in [5.41, 5.74) is 1.07. The van der Waals surface area contributed by atoms with E-state index < -0.39 is 0 Å². The Kier molecular flexibility index (Phi) is 5.97. The van der Waals surface area contributed by atoms with Gasteiger partial charge in [0.2, 0.25) is 0 Å². The van der Waals surface area contributed by atoms with Gasteiger partial charge in [-0.2, -0.15) is 0 Å². The van der Waals surface area contributed by atoms with E-state index in [-0.39, 0.29) is 18.0 Å². The molecule has 0 fully saturated rings. The standard InChI is InChI=1S/C19H19N3O4S/c1-12-11-14(26-19-21-17(24-3)20-18(22-19)25-4)7-10-16(12)27-15-8-5-13(23-2)6-9-15/h5-11H,1-4H3. The summed E-state index contributed by atoms with van der Waals surface area (Å²) in [6.07, 6.45) is 0. The fraction of sp³-hybridized carbons (Fsp3) is 0.211. The molecule has 0 radical (unpaired) electrons. The number of nitrogens with zero attached hydrogens (tertiary/aromatic N) is 3. The molecule has 0 saturated carbocycles. The molecule has 3 rings (SSSR count). The molecule has 27 heavy (non-hydrogen) atoms. The fourth-order valence-electron chi connectivity index (χ4n) is 2.22. The van der Waals surface area contributed by atoms with E-state index in [4.69, 9.17) is 18.9 Å². The zero-order valence-corrected chi connectivity index (χ0v) is 16.2. The monoisotopic (exact) mass is 385 g/mol. The Bertz CT molecular complexity index is 897. The molecule has 7 nitrogen and oxygen atoms in total. The van der Waals surface area contributed by atoms with E-state index in [1.54, 1.807) is 18.9 Å². The SMILES string of the molecule is COc1ccc(Sc2ccc(Oc3nc(OC)nc(OC)n3)cc2C)cc1. The van der Waals surface area contributed by atoms with Crippen molar-refractivity contribution >= 4 is 11.8 Å². The van der Waals surface area contributed by atoms with E-state index in [0.717, 1.165) is 21.1 Å². The zero-order chi connectivity index (χ0) is 19.2. The van der Waals surface area contributed by atoms with Gasteiger partial charge in [-0.05, 0) is 55.0 Å². The number of hydrogen-bond acceptors (Lipinski definition) is 8. The van der Waals surface area contributed by atoms with Crippen LogP contribution in [0.1, 0.15) is 5.56 Å². The van der Waals surface area contributed by atoms with Crippen molar-refractivity contribution in [3.05, 3.63) is 48.0 Å². The second-order valence-corrected chi connectivity index (χ2v) is 6.51. The molecule has 1 heterocycles. The van der Waals surface area contributed by atoms with Gasteiger partial charge in [0, 0.05) is 9.79 Å². The van der Waals surface area contributed by atoms with Crippen LogP contribution in [0, 0.1) is 6.92 Å². The smallest absolute Gasteiger partial charge is 0.331 e. The van der Waals surface area contributed by atoms with E-state index >= 15 is 0 Å². The van der Waals surface area contributed by atoms with E-state index in [2.05, 4.69) is 15.0 Å². The number of methoxy groups -OCH3 is 3. The molecule has 2 aromatic carbocycles. The molecule has 0 bridgehead atoms. The Morgan fingerprint density at radius 2 is 1.30 bits per heavy atom. The molecule has 0 N–H and O–H groups in total. The molecule has 1 aromatic heterocycles. The Morgan fingerprint density at radius 3 is 1.85 bits per heavy atom. The molecule has 0 amide bonds. The molecule has 140 valence electrons. The van der Waals surface area contributed by atoms with Crippen LogP contribution in [0.4, 0.5) is 0 Å². The summed E-state index contributed by atoms with van der Waals surface area (Å²) in [7, 11) is 4.59. The van der Waals surface area contributed by atoms with Crippen LogP contribution in [0.5, 0.6) is 29.5 Å². The van der Waals surface area contributed by atoms with Crippen LogP contribution in [-0.4, -0.2) is 36.3 Å². The third-order valence-corrected chi connectivity index (χ3v) is 4.77. The van der Waals surface area contributed by atoms with Crippen LogP contribution in [0.2, 0.25) is 0 Å². The van der Waals surface area contributed by atoms with Crippen LogP contribution in [0.25, 0.3) is 0 Å². The second kappa shape index (κ2) is 8.59. The summed E-state index contributed by atoms with van der Waals surface area (Å²) in [5, 5.41) is 0. The van der Waals surface area contributed by atoms with Gasteiger partial charge in [-0.1, -0.05) is 11.8 Å². The molecule has 8 heteroatoms. The normalized spacial score (nSPS) is 10.4. The maximum atomic E-state index is 5.73. The predicted molar refractivity (Wildman–Crippen MR) is 101 cm³/mol. The summed E-state index contributed by atoms with van der Waals surface area (Å²) in [6, 6.07) is 14.1. The average Bonchev–Trinajstić information content (AvgIpc) is 2.70. The summed E-state index contributed by atoms with van der Waals surface area (Å²) in [4.78, 5) is 14.3. The summed E-state index contributed by atoms with van der Waals surface area (Å²) in [6.45, 7) is 2.02. The minimum absolute atomic E-state index is 0.105. The van der Waals surface area contributed by atoms with Gasteiger partial charge in [0.15, 0.2) is 0 Å². The van der Waals surface area contributed by atoms with E-state index in [1.165, 1.54) is 14.2 Å². The number of aryl methyl sites for hydroxylation is 1. The largest absolute Gasteiger partial charge is 0.497 e. The van der Waals surface area contributed by atoms with Crippen molar-refractivity contribution in [1.82, 2.24) is 15.0 Å². The predicted octanol–water partition coefficient (Wildman–Crippen LogP) is 4.15. The Morgan fingerprint density at radius 1 is 0.704 bits per heavy atom. The molecule has 0 spiro atoms. The highest BCUT2D eigenvalue weighted by Crippen LogP contribution is 2.34. The van der Waals surface area contributed by atoms with Gasteiger partial charge >= 0.3 is 18.0 Å². The van der Waals surface area contributed by atoms with Gasteiger partial charge in [-0.25, -0.2) is 0 Å². The average molecular weight is 385 g/mol. The first-order valence-electron chi connectivity index (χ1n) is 8.05. The summed E-state index contributed by atoms with van der Waals surface area (Å²) >= 11 is 1.67. The van der Waals surface area contributed by atoms with Gasteiger partial charge in [0.05, 0.1) is 21.3 Å². The first kappa shape index (κ1) is 18.8. The minimum Gasteiger partial charge on any atom is -0.497 e. The van der Waals surface area contributed by atoms with Gasteiger partial charge < -0.3 is 18.9 Å². The first-order valence-corrected chi connectivity index (χ1v) is 8.87. The zero-order valence-electron chi connectivity index (χ0n) is 15.4. The van der Waals surface area contributed by atoms with Gasteiger partial charge in [-0.3, -0.25) is 0 Å². The molecule has 0 saturated heterocycles. The van der Waals surface area contributed by atoms with Crippen LogP contribution in [0.3, 0.4) is 0 Å². The summed E-state index contributed by atoms with van der Waals surface area (Å²) < 4.78 is 21.0. The molecular weight excluding hydrogens is 366 g/mol. The van der Waals surface area contributed by atoms with Crippen molar-refractivity contribution in [1.29, 1.82) is 0 Å². The maximum absolute atomic E-state index is 5.73. The third kappa shape index (κ3) is 4.79. The van der Waals surface area contributed by atoms with Gasteiger partial charge in [-0.15, -0.1) is 15.0 Å². The highest BCUT2D eigenvalue weighted by Gasteiger charge is 2.10. The van der Waals surface area contributed by atoms with E-state index in [0.29, 0.717) is 5.75 Å². The van der Waals surface area contributed by atoms with Crippen molar-refractivity contribution in [3.63, 3.8) is 0 Å². The van der Waals surface area contributed by atoms with E-state index in [9.17, 15) is 0 Å². The summed E-state index contributed by atoms with van der Waals surface area (Å²) in [5.74, 6) is 1.45. The lowest BCUT2D eigenvalue weighted by atomic mass is 10.2. The van der Waals surface area contributed by atoms with Crippen molar-refractivity contribution in [3.8, 4) is 29.5 Å². The molecule has 0 atom stereocenters. The van der Waals surface area contributed by atoms with Crippen molar-refractivity contribution < 1.29 is 18.9 Å². The number of benzene rings is 2. The lowest BCUT2D eigenvalue weighted by Crippen LogP contribution is -2.01. The molecule has 0 aliphatic heterocycles. The lowest BCUT2D eigenvalue weighted by molar-refractivity contribution is 0.320. The fourth-order valence-corrected chi connectivity index (χ4v) is 3.11. The van der Waals surface area contributed by atoms with Gasteiger partial charge in [0.25, 0.3) is 0 Å². The third-order valence-electron chi connectivity index (χ3n) is 3.58. The number of aromatic nitrogens is 3. The highest BCUT2D eigenvalue weighted by atomic mass is 32.2. The Hall–Kier alpha value is -3.00. The van der Waals surface area contributed by atoms with E-state index in [1.807, 2.05) is 49.4 Å². The number of rotatable bonds is 7.